The summed E-state index contributed by atoms with van der Waals surface area (Å²) in [5.74, 6) is 1.31. The van der Waals surface area contributed by atoms with Crippen LogP contribution in [0.4, 0.5) is 5.69 Å². The number of carbonyl (C=O) groups is 1. The van der Waals surface area contributed by atoms with Gasteiger partial charge in [0.1, 0.15) is 12.2 Å². The van der Waals surface area contributed by atoms with Gasteiger partial charge in [-0.25, -0.2) is 0 Å². The quantitative estimate of drug-likeness (QED) is 0.855. The molecule has 0 spiro atoms. The van der Waals surface area contributed by atoms with Crippen molar-refractivity contribution in [3.63, 3.8) is 0 Å². The number of hydrogen-bond acceptors (Lipinski definition) is 4. The van der Waals surface area contributed by atoms with Gasteiger partial charge in [0.25, 0.3) is 0 Å². The highest BCUT2D eigenvalue weighted by Gasteiger charge is 2.34. The van der Waals surface area contributed by atoms with Crippen molar-refractivity contribution >= 4 is 11.6 Å². The molecular formula is C17H21N5O. The summed E-state index contributed by atoms with van der Waals surface area (Å²) in [6.07, 6.45) is 3.61. The monoisotopic (exact) mass is 311 g/mol. The van der Waals surface area contributed by atoms with Crippen molar-refractivity contribution in [2.45, 2.75) is 19.4 Å². The van der Waals surface area contributed by atoms with Gasteiger partial charge in [0.15, 0.2) is 0 Å². The maximum absolute atomic E-state index is 12.9. The Morgan fingerprint density at radius 3 is 3.00 bits per heavy atom. The van der Waals surface area contributed by atoms with Gasteiger partial charge in [-0.3, -0.25) is 9.69 Å². The third-order valence-corrected chi connectivity index (χ3v) is 4.94. The predicted molar refractivity (Wildman–Crippen MR) is 86.9 cm³/mol. The fourth-order valence-corrected chi connectivity index (χ4v) is 3.62. The third kappa shape index (κ3) is 2.63. The summed E-state index contributed by atoms with van der Waals surface area (Å²) in [6, 6.07) is 8.24. The lowest BCUT2D eigenvalue weighted by Gasteiger charge is -2.21. The second-order valence-electron chi connectivity index (χ2n) is 6.45. The van der Waals surface area contributed by atoms with Crippen molar-refractivity contribution in [3.05, 3.63) is 42.0 Å². The van der Waals surface area contributed by atoms with Crippen LogP contribution >= 0.6 is 0 Å². The Kier molecular flexibility index (Phi) is 3.61. The molecule has 2 aliphatic heterocycles. The minimum atomic E-state index is 0.0920. The summed E-state index contributed by atoms with van der Waals surface area (Å²) in [4.78, 5) is 17.2. The van der Waals surface area contributed by atoms with Crippen LogP contribution in [0.1, 0.15) is 17.8 Å². The van der Waals surface area contributed by atoms with E-state index in [1.807, 2.05) is 28.6 Å². The van der Waals surface area contributed by atoms with E-state index in [4.69, 9.17) is 0 Å². The number of aromatic nitrogens is 3. The molecule has 23 heavy (non-hydrogen) atoms. The first-order valence-electron chi connectivity index (χ1n) is 8.17. The molecule has 1 saturated heterocycles. The molecule has 2 aromatic rings. The van der Waals surface area contributed by atoms with Crippen LogP contribution in [0.2, 0.25) is 0 Å². The van der Waals surface area contributed by atoms with Crippen LogP contribution < -0.4 is 4.90 Å². The van der Waals surface area contributed by atoms with Crippen LogP contribution in [-0.2, 0) is 24.8 Å². The number of anilines is 1. The molecule has 6 heteroatoms. The highest BCUT2D eigenvalue weighted by atomic mass is 16.2. The molecule has 2 aliphatic rings. The molecule has 1 aromatic carbocycles. The normalized spacial score (nSPS) is 20.9. The summed E-state index contributed by atoms with van der Waals surface area (Å²) in [5, 5.41) is 8.05. The molecule has 0 aliphatic carbocycles. The molecule has 1 aromatic heterocycles. The molecule has 1 unspecified atom stereocenters. The van der Waals surface area contributed by atoms with E-state index in [2.05, 4.69) is 27.2 Å². The molecule has 120 valence electrons. The second kappa shape index (κ2) is 5.77. The van der Waals surface area contributed by atoms with Gasteiger partial charge in [0.05, 0.1) is 12.5 Å². The first kappa shape index (κ1) is 14.4. The van der Waals surface area contributed by atoms with Crippen molar-refractivity contribution in [2.75, 3.05) is 24.5 Å². The summed E-state index contributed by atoms with van der Waals surface area (Å²) >= 11 is 0. The average molecular weight is 311 g/mol. The molecular weight excluding hydrogens is 290 g/mol. The standard InChI is InChI=1S/C17H21N5O/c1-20-12-18-19-16(20)11-21-8-6-14(10-21)17(23)22-9-7-13-4-2-3-5-15(13)22/h2-5,12,14H,6-11H2,1H3. The number of carbonyl (C=O) groups excluding carboxylic acids is 1. The molecule has 1 amide bonds. The second-order valence-corrected chi connectivity index (χ2v) is 6.45. The molecule has 3 heterocycles. The number of hydrogen-bond donors (Lipinski definition) is 0. The van der Waals surface area contributed by atoms with Gasteiger partial charge in [-0.1, -0.05) is 18.2 Å². The fraction of sp³-hybridized carbons (Fsp3) is 0.471. The van der Waals surface area contributed by atoms with Crippen molar-refractivity contribution in [1.82, 2.24) is 19.7 Å². The summed E-state index contributed by atoms with van der Waals surface area (Å²) in [6.45, 7) is 3.33. The molecule has 1 atom stereocenters. The lowest BCUT2D eigenvalue weighted by Crippen LogP contribution is -2.36. The number of rotatable bonds is 3. The number of para-hydroxylation sites is 1. The number of fused-ring (bicyclic) bond motifs is 1. The molecule has 0 radical (unpaired) electrons. The molecule has 1 fully saturated rings. The molecule has 0 saturated carbocycles. The van der Waals surface area contributed by atoms with E-state index in [0.717, 1.165) is 50.5 Å². The molecule has 4 rings (SSSR count). The first-order valence-corrected chi connectivity index (χ1v) is 8.17. The maximum atomic E-state index is 12.9. The van der Waals surface area contributed by atoms with Crippen LogP contribution in [0.15, 0.2) is 30.6 Å². The van der Waals surface area contributed by atoms with E-state index >= 15 is 0 Å². The SMILES string of the molecule is Cn1cnnc1CN1CCC(C(=O)N2CCc3ccccc32)C1. The highest BCUT2D eigenvalue weighted by Crippen LogP contribution is 2.30. The first-order chi connectivity index (χ1) is 11.2. The largest absolute Gasteiger partial charge is 0.320 e. The number of amides is 1. The Morgan fingerprint density at radius 1 is 1.30 bits per heavy atom. The Morgan fingerprint density at radius 2 is 2.17 bits per heavy atom. The molecule has 0 N–H and O–H groups in total. The van der Waals surface area contributed by atoms with Crippen LogP contribution in [0.25, 0.3) is 0 Å². The summed E-state index contributed by atoms with van der Waals surface area (Å²) < 4.78 is 1.94. The van der Waals surface area contributed by atoms with E-state index < -0.39 is 0 Å². The van der Waals surface area contributed by atoms with Gasteiger partial charge in [0, 0.05) is 25.8 Å². The van der Waals surface area contributed by atoms with E-state index in [9.17, 15) is 4.79 Å². The molecule has 0 bridgehead atoms. The minimum absolute atomic E-state index is 0.0920. The van der Waals surface area contributed by atoms with E-state index in [0.29, 0.717) is 0 Å². The smallest absolute Gasteiger partial charge is 0.231 e. The summed E-state index contributed by atoms with van der Waals surface area (Å²) in [5.41, 5.74) is 2.39. The number of aryl methyl sites for hydroxylation is 1. The van der Waals surface area contributed by atoms with Crippen molar-refractivity contribution in [1.29, 1.82) is 0 Å². The Bertz CT molecular complexity index is 725. The van der Waals surface area contributed by atoms with Gasteiger partial charge in [-0.15, -0.1) is 10.2 Å². The maximum Gasteiger partial charge on any atom is 0.231 e. The highest BCUT2D eigenvalue weighted by molar-refractivity contribution is 5.97. The van der Waals surface area contributed by atoms with Gasteiger partial charge in [-0.05, 0) is 31.0 Å². The van der Waals surface area contributed by atoms with E-state index in [1.54, 1.807) is 6.33 Å². The fourth-order valence-electron chi connectivity index (χ4n) is 3.62. The third-order valence-electron chi connectivity index (χ3n) is 4.94. The van der Waals surface area contributed by atoms with Crippen molar-refractivity contribution in [2.24, 2.45) is 13.0 Å². The van der Waals surface area contributed by atoms with Gasteiger partial charge >= 0.3 is 0 Å². The van der Waals surface area contributed by atoms with E-state index in [1.165, 1.54) is 5.56 Å². The summed E-state index contributed by atoms with van der Waals surface area (Å²) in [7, 11) is 1.95. The number of nitrogens with zero attached hydrogens (tertiary/aromatic N) is 5. The zero-order chi connectivity index (χ0) is 15.8. The number of likely N-dealkylation sites (tertiary alicyclic amines) is 1. The number of benzene rings is 1. The lowest BCUT2D eigenvalue weighted by molar-refractivity contribution is -0.121. The minimum Gasteiger partial charge on any atom is -0.320 e. The van der Waals surface area contributed by atoms with Gasteiger partial charge < -0.3 is 9.47 Å². The van der Waals surface area contributed by atoms with Crippen LogP contribution in [0.5, 0.6) is 0 Å². The van der Waals surface area contributed by atoms with Crippen LogP contribution in [-0.4, -0.2) is 45.2 Å². The Labute approximate surface area is 135 Å². The van der Waals surface area contributed by atoms with Gasteiger partial charge in [-0.2, -0.15) is 0 Å². The van der Waals surface area contributed by atoms with Gasteiger partial charge in [0.2, 0.25) is 5.91 Å². The predicted octanol–water partition coefficient (Wildman–Crippen LogP) is 1.23. The van der Waals surface area contributed by atoms with Crippen LogP contribution in [0.3, 0.4) is 0 Å². The van der Waals surface area contributed by atoms with Crippen molar-refractivity contribution in [3.8, 4) is 0 Å². The zero-order valence-corrected chi connectivity index (χ0v) is 13.4. The topological polar surface area (TPSA) is 54.3 Å². The Hall–Kier alpha value is -2.21. The average Bonchev–Trinajstić information content (AvgIpc) is 3.28. The zero-order valence-electron chi connectivity index (χ0n) is 13.4. The molecule has 6 nitrogen and oxygen atoms in total. The Balaban J connectivity index is 1.42. The lowest BCUT2D eigenvalue weighted by atomic mass is 10.1. The van der Waals surface area contributed by atoms with E-state index in [-0.39, 0.29) is 11.8 Å². The van der Waals surface area contributed by atoms with Crippen LogP contribution in [0, 0.1) is 5.92 Å². The van der Waals surface area contributed by atoms with Crippen molar-refractivity contribution < 1.29 is 4.79 Å².